The number of hydrogen-bond acceptors (Lipinski definition) is 5. The van der Waals surface area contributed by atoms with Gasteiger partial charge in [0.15, 0.2) is 11.5 Å². The Kier molecular flexibility index (Phi) is 3.71. The second kappa shape index (κ2) is 5.19. The molecule has 0 aliphatic rings. The van der Waals surface area contributed by atoms with Crippen LogP contribution in [0.1, 0.15) is 5.69 Å². The zero-order chi connectivity index (χ0) is 15.8. The Hall–Kier alpha value is -2.38. The summed E-state index contributed by atoms with van der Waals surface area (Å²) in [6, 6.07) is 2.08. The van der Waals surface area contributed by atoms with Gasteiger partial charge in [-0.1, -0.05) is 0 Å². The van der Waals surface area contributed by atoms with Gasteiger partial charge in [0.1, 0.15) is 5.69 Å². The van der Waals surface area contributed by atoms with Crippen LogP contribution in [0.5, 0.6) is 17.2 Å². The van der Waals surface area contributed by atoms with Gasteiger partial charge in [-0.3, -0.25) is 0 Å². The average molecular weight is 302 g/mol. The summed E-state index contributed by atoms with van der Waals surface area (Å²) in [4.78, 5) is 3.58. The Balaban J connectivity index is 2.89. The number of nitrogens with two attached hydrogens (primary N) is 1. The summed E-state index contributed by atoms with van der Waals surface area (Å²) in [7, 11) is 4.11. The number of nitrogen functional groups attached to an aromatic ring is 1. The van der Waals surface area contributed by atoms with Crippen LogP contribution in [0.15, 0.2) is 12.1 Å². The maximum atomic E-state index is 12.8. The molecule has 0 amide bonds. The molecule has 0 spiro atoms. The first kappa shape index (κ1) is 15.0. The summed E-state index contributed by atoms with van der Waals surface area (Å²) in [6.07, 6.45) is -4.59. The molecule has 0 saturated carbocycles. The lowest BCUT2D eigenvalue weighted by Crippen LogP contribution is -2.09. The quantitative estimate of drug-likeness (QED) is 0.944. The SMILES string of the molecule is COc1cc2nc(C(F)(F)F)cc(N)c2c(OC)c1OC. The van der Waals surface area contributed by atoms with Gasteiger partial charge < -0.3 is 19.9 Å². The molecule has 2 aromatic rings. The third-order valence-electron chi connectivity index (χ3n) is 2.92. The van der Waals surface area contributed by atoms with E-state index >= 15 is 0 Å². The molecule has 0 unspecified atom stereocenters. The van der Waals surface area contributed by atoms with Crippen molar-refractivity contribution in [3.8, 4) is 17.2 Å². The van der Waals surface area contributed by atoms with Crippen molar-refractivity contribution in [1.29, 1.82) is 0 Å². The second-order valence-corrected chi connectivity index (χ2v) is 4.13. The normalized spacial score (nSPS) is 11.5. The maximum Gasteiger partial charge on any atom is 0.433 e. The van der Waals surface area contributed by atoms with E-state index in [2.05, 4.69) is 4.98 Å². The number of benzene rings is 1. The summed E-state index contributed by atoms with van der Waals surface area (Å²) in [6.45, 7) is 0. The summed E-state index contributed by atoms with van der Waals surface area (Å²) >= 11 is 0. The van der Waals surface area contributed by atoms with E-state index < -0.39 is 11.9 Å². The first-order chi connectivity index (χ1) is 9.83. The fourth-order valence-electron chi connectivity index (χ4n) is 2.04. The highest BCUT2D eigenvalue weighted by atomic mass is 19.4. The number of nitrogens with zero attached hydrogens (tertiary/aromatic N) is 1. The third kappa shape index (κ3) is 2.48. The zero-order valence-corrected chi connectivity index (χ0v) is 11.5. The summed E-state index contributed by atoms with van der Waals surface area (Å²) in [5.74, 6) is 0.611. The maximum absolute atomic E-state index is 12.8. The van der Waals surface area contributed by atoms with Gasteiger partial charge in [-0.25, -0.2) is 4.98 Å². The van der Waals surface area contributed by atoms with Crippen LogP contribution in [0.2, 0.25) is 0 Å². The summed E-state index contributed by atoms with van der Waals surface area (Å²) in [5.41, 5.74) is 4.55. The van der Waals surface area contributed by atoms with Crippen molar-refractivity contribution in [2.45, 2.75) is 6.18 Å². The number of fused-ring (bicyclic) bond motifs is 1. The van der Waals surface area contributed by atoms with Crippen LogP contribution in [0.3, 0.4) is 0 Å². The fraction of sp³-hybridized carbons (Fsp3) is 0.308. The van der Waals surface area contributed by atoms with Crippen molar-refractivity contribution in [2.24, 2.45) is 0 Å². The van der Waals surface area contributed by atoms with Crippen molar-refractivity contribution < 1.29 is 27.4 Å². The number of halogens is 3. The lowest BCUT2D eigenvalue weighted by Gasteiger charge is -2.16. The molecule has 2 N–H and O–H groups in total. The fourth-order valence-corrected chi connectivity index (χ4v) is 2.04. The number of ether oxygens (including phenoxy) is 3. The predicted octanol–water partition coefficient (Wildman–Crippen LogP) is 2.86. The Morgan fingerprint density at radius 3 is 2.10 bits per heavy atom. The highest BCUT2D eigenvalue weighted by Gasteiger charge is 2.34. The molecule has 1 aromatic heterocycles. The second-order valence-electron chi connectivity index (χ2n) is 4.13. The Morgan fingerprint density at radius 2 is 1.62 bits per heavy atom. The number of methoxy groups -OCH3 is 3. The van der Waals surface area contributed by atoms with Gasteiger partial charge in [-0.15, -0.1) is 0 Å². The molecular weight excluding hydrogens is 289 g/mol. The van der Waals surface area contributed by atoms with Crippen LogP contribution >= 0.6 is 0 Å². The van der Waals surface area contributed by atoms with Crippen LogP contribution < -0.4 is 19.9 Å². The number of hydrogen-bond donors (Lipinski definition) is 1. The number of aromatic nitrogens is 1. The standard InChI is InChI=1S/C13H13F3N2O3/c1-19-8-5-7-10(12(21-3)11(8)20-2)6(17)4-9(18-7)13(14,15)16/h4-5H,1-3H3,(H2,17,18). The van der Waals surface area contributed by atoms with Crippen LogP contribution in [0.4, 0.5) is 18.9 Å². The molecule has 0 bridgehead atoms. The molecule has 0 radical (unpaired) electrons. The molecule has 5 nitrogen and oxygen atoms in total. The van der Waals surface area contributed by atoms with Crippen molar-refractivity contribution in [1.82, 2.24) is 4.98 Å². The number of anilines is 1. The van der Waals surface area contributed by atoms with E-state index in [0.717, 1.165) is 6.07 Å². The molecular formula is C13H13F3N2O3. The highest BCUT2D eigenvalue weighted by Crippen LogP contribution is 2.45. The molecule has 21 heavy (non-hydrogen) atoms. The largest absolute Gasteiger partial charge is 0.493 e. The van der Waals surface area contributed by atoms with E-state index in [4.69, 9.17) is 19.9 Å². The molecule has 0 fully saturated rings. The third-order valence-corrected chi connectivity index (χ3v) is 2.92. The molecule has 0 atom stereocenters. The van der Waals surface area contributed by atoms with Gasteiger partial charge in [0.25, 0.3) is 0 Å². The Morgan fingerprint density at radius 1 is 1.00 bits per heavy atom. The number of alkyl halides is 3. The zero-order valence-electron chi connectivity index (χ0n) is 11.5. The monoisotopic (exact) mass is 302 g/mol. The van der Waals surface area contributed by atoms with Crippen molar-refractivity contribution in [2.75, 3.05) is 27.1 Å². The van der Waals surface area contributed by atoms with Crippen LogP contribution in [-0.4, -0.2) is 26.3 Å². The highest BCUT2D eigenvalue weighted by molar-refractivity contribution is 5.99. The summed E-state index contributed by atoms with van der Waals surface area (Å²) in [5, 5.41) is 0.239. The van der Waals surface area contributed by atoms with E-state index in [1.54, 1.807) is 0 Å². The average Bonchev–Trinajstić information content (AvgIpc) is 2.43. The van der Waals surface area contributed by atoms with Crippen LogP contribution in [0.25, 0.3) is 10.9 Å². The van der Waals surface area contributed by atoms with Gasteiger partial charge in [0, 0.05) is 11.8 Å². The van der Waals surface area contributed by atoms with E-state index in [9.17, 15) is 13.2 Å². The van der Waals surface area contributed by atoms with Gasteiger partial charge in [-0.05, 0) is 6.07 Å². The number of pyridine rings is 1. The van der Waals surface area contributed by atoms with Crippen molar-refractivity contribution in [3.05, 3.63) is 17.8 Å². The summed E-state index contributed by atoms with van der Waals surface area (Å²) < 4.78 is 53.8. The molecule has 1 heterocycles. The van der Waals surface area contributed by atoms with E-state index in [0.29, 0.717) is 0 Å². The first-order valence-corrected chi connectivity index (χ1v) is 5.79. The van der Waals surface area contributed by atoms with Crippen molar-refractivity contribution >= 4 is 16.6 Å². The molecule has 114 valence electrons. The molecule has 0 saturated heterocycles. The minimum absolute atomic E-state index is 0.0109. The number of rotatable bonds is 3. The van der Waals surface area contributed by atoms with E-state index in [-0.39, 0.29) is 33.8 Å². The van der Waals surface area contributed by atoms with Gasteiger partial charge >= 0.3 is 6.18 Å². The first-order valence-electron chi connectivity index (χ1n) is 5.79. The van der Waals surface area contributed by atoms with Crippen LogP contribution in [0, 0.1) is 0 Å². The van der Waals surface area contributed by atoms with Gasteiger partial charge in [-0.2, -0.15) is 13.2 Å². The molecule has 8 heteroatoms. The minimum Gasteiger partial charge on any atom is -0.493 e. The van der Waals surface area contributed by atoms with Gasteiger partial charge in [0.05, 0.1) is 32.2 Å². The van der Waals surface area contributed by atoms with E-state index in [1.807, 2.05) is 0 Å². The molecule has 0 aliphatic heterocycles. The van der Waals surface area contributed by atoms with Gasteiger partial charge in [0.2, 0.25) is 5.75 Å². The lowest BCUT2D eigenvalue weighted by atomic mass is 10.1. The predicted molar refractivity (Wildman–Crippen MR) is 70.8 cm³/mol. The Bertz CT molecular complexity index is 687. The van der Waals surface area contributed by atoms with Crippen molar-refractivity contribution in [3.63, 3.8) is 0 Å². The molecule has 0 aliphatic carbocycles. The smallest absolute Gasteiger partial charge is 0.433 e. The minimum atomic E-state index is -4.59. The molecule has 2 rings (SSSR count). The van der Waals surface area contributed by atoms with Crippen LogP contribution in [-0.2, 0) is 6.18 Å². The van der Waals surface area contributed by atoms with E-state index in [1.165, 1.54) is 27.4 Å². The molecule has 1 aromatic carbocycles. The topological polar surface area (TPSA) is 66.6 Å². The lowest BCUT2D eigenvalue weighted by molar-refractivity contribution is -0.140. The Labute approximate surface area is 118 Å².